The molecule has 0 aliphatic heterocycles. The normalized spacial score (nSPS) is 10.5. The number of thiophene rings is 1. The van der Waals surface area contributed by atoms with Crippen molar-refractivity contribution in [3.05, 3.63) is 52.9 Å². The number of aromatic amines is 1. The van der Waals surface area contributed by atoms with Crippen molar-refractivity contribution in [3.8, 4) is 11.3 Å². The molecule has 0 bridgehead atoms. The summed E-state index contributed by atoms with van der Waals surface area (Å²) >= 11 is 1.67. The molecule has 0 aliphatic carbocycles. The number of aryl methyl sites for hydroxylation is 1. The zero-order valence-electron chi connectivity index (χ0n) is 9.97. The lowest BCUT2D eigenvalue weighted by atomic mass is 10.2. The Hall–Kier alpha value is -2.07. The van der Waals surface area contributed by atoms with Crippen molar-refractivity contribution in [1.29, 1.82) is 0 Å². The summed E-state index contributed by atoms with van der Waals surface area (Å²) < 4.78 is 0. The second kappa shape index (κ2) is 4.66. The van der Waals surface area contributed by atoms with Crippen LogP contribution in [0.1, 0.15) is 5.69 Å². The van der Waals surface area contributed by atoms with E-state index in [2.05, 4.69) is 44.5 Å². The molecule has 0 saturated carbocycles. The summed E-state index contributed by atoms with van der Waals surface area (Å²) in [5, 5.41) is 14.9. The molecule has 2 aromatic heterocycles. The molecule has 0 saturated heterocycles. The van der Waals surface area contributed by atoms with E-state index in [-0.39, 0.29) is 0 Å². The predicted molar refractivity (Wildman–Crippen MR) is 76.4 cm³/mol. The Morgan fingerprint density at radius 1 is 1.17 bits per heavy atom. The maximum absolute atomic E-state index is 4.30. The zero-order chi connectivity index (χ0) is 12.4. The van der Waals surface area contributed by atoms with Gasteiger partial charge in [0, 0.05) is 27.7 Å². The number of para-hydroxylation sites is 1. The lowest BCUT2D eigenvalue weighted by Gasteiger charge is -2.05. The molecule has 0 aliphatic rings. The molecule has 0 spiro atoms. The van der Waals surface area contributed by atoms with Gasteiger partial charge in [0.15, 0.2) is 0 Å². The Morgan fingerprint density at radius 3 is 2.72 bits per heavy atom. The van der Waals surface area contributed by atoms with Gasteiger partial charge in [0.2, 0.25) is 0 Å². The van der Waals surface area contributed by atoms with Crippen molar-refractivity contribution in [3.63, 3.8) is 0 Å². The highest BCUT2D eigenvalue weighted by Gasteiger charge is 2.09. The fourth-order valence-corrected chi connectivity index (χ4v) is 2.60. The molecular weight excluding hydrogens is 242 g/mol. The van der Waals surface area contributed by atoms with E-state index in [1.165, 1.54) is 0 Å². The van der Waals surface area contributed by atoms with E-state index in [1.807, 2.05) is 25.1 Å². The molecule has 2 heterocycles. The van der Waals surface area contributed by atoms with E-state index in [9.17, 15) is 0 Å². The van der Waals surface area contributed by atoms with Crippen molar-refractivity contribution in [1.82, 2.24) is 10.2 Å². The van der Waals surface area contributed by atoms with E-state index in [1.54, 1.807) is 11.3 Å². The lowest BCUT2D eigenvalue weighted by Crippen LogP contribution is -1.89. The van der Waals surface area contributed by atoms with E-state index in [4.69, 9.17) is 0 Å². The van der Waals surface area contributed by atoms with Gasteiger partial charge in [0.25, 0.3) is 0 Å². The van der Waals surface area contributed by atoms with E-state index in [0.717, 1.165) is 28.3 Å². The van der Waals surface area contributed by atoms with Gasteiger partial charge in [-0.3, -0.25) is 5.10 Å². The second-order valence-electron chi connectivity index (χ2n) is 4.13. The zero-order valence-corrected chi connectivity index (χ0v) is 10.8. The lowest BCUT2D eigenvalue weighted by molar-refractivity contribution is 1.05. The summed E-state index contributed by atoms with van der Waals surface area (Å²) in [6.07, 6.45) is 0. The second-order valence-corrected chi connectivity index (χ2v) is 4.87. The average molecular weight is 255 g/mol. The minimum atomic E-state index is 0.979. The first-order chi connectivity index (χ1) is 8.83. The number of nitrogens with one attached hydrogen (secondary N) is 2. The molecule has 3 nitrogen and oxygen atoms in total. The van der Waals surface area contributed by atoms with Gasteiger partial charge in [-0.2, -0.15) is 5.10 Å². The number of hydrogen-bond donors (Lipinski definition) is 2. The SMILES string of the molecule is Cc1cc(-c2cscc2Nc2ccccc2)n[nH]1. The molecule has 3 rings (SSSR count). The molecule has 0 fully saturated rings. The molecule has 3 aromatic rings. The molecule has 0 atom stereocenters. The van der Waals surface area contributed by atoms with Crippen LogP contribution in [0.4, 0.5) is 11.4 Å². The van der Waals surface area contributed by atoms with Gasteiger partial charge in [0.1, 0.15) is 0 Å². The molecule has 1 aromatic carbocycles. The van der Waals surface area contributed by atoms with Gasteiger partial charge >= 0.3 is 0 Å². The first-order valence-corrected chi connectivity index (χ1v) is 6.68. The highest BCUT2D eigenvalue weighted by molar-refractivity contribution is 7.08. The molecular formula is C14H13N3S. The first kappa shape index (κ1) is 11.0. The van der Waals surface area contributed by atoms with E-state index < -0.39 is 0 Å². The Bertz CT molecular complexity index is 640. The monoisotopic (exact) mass is 255 g/mol. The van der Waals surface area contributed by atoms with E-state index >= 15 is 0 Å². The standard InChI is InChI=1S/C14H13N3S/c1-10-7-13(17-16-10)12-8-18-9-14(12)15-11-5-3-2-4-6-11/h2-9,15H,1H3,(H,16,17). The van der Waals surface area contributed by atoms with Gasteiger partial charge in [-0.1, -0.05) is 18.2 Å². The van der Waals surface area contributed by atoms with Crippen LogP contribution in [0.15, 0.2) is 47.2 Å². The van der Waals surface area contributed by atoms with Crippen LogP contribution < -0.4 is 5.32 Å². The summed E-state index contributed by atoms with van der Waals surface area (Å²) in [6.45, 7) is 2.01. The fourth-order valence-electron chi connectivity index (χ4n) is 1.83. The summed E-state index contributed by atoms with van der Waals surface area (Å²) in [6, 6.07) is 12.2. The Balaban J connectivity index is 1.93. The van der Waals surface area contributed by atoms with Gasteiger partial charge in [-0.15, -0.1) is 11.3 Å². The van der Waals surface area contributed by atoms with Gasteiger partial charge < -0.3 is 5.32 Å². The van der Waals surface area contributed by atoms with E-state index in [0.29, 0.717) is 0 Å². The third-order valence-electron chi connectivity index (χ3n) is 2.70. The molecule has 18 heavy (non-hydrogen) atoms. The van der Waals surface area contributed by atoms with Crippen molar-refractivity contribution >= 4 is 22.7 Å². The Morgan fingerprint density at radius 2 is 2.00 bits per heavy atom. The Kier molecular flexibility index (Phi) is 2.86. The van der Waals surface area contributed by atoms with Crippen molar-refractivity contribution in [2.24, 2.45) is 0 Å². The minimum absolute atomic E-state index is 0.979. The number of anilines is 2. The van der Waals surface area contributed by atoms with Gasteiger partial charge in [-0.25, -0.2) is 0 Å². The molecule has 0 amide bonds. The summed E-state index contributed by atoms with van der Waals surface area (Å²) in [5.41, 5.74) is 5.37. The number of benzene rings is 1. The van der Waals surface area contributed by atoms with Crippen LogP contribution in [0.25, 0.3) is 11.3 Å². The average Bonchev–Trinajstić information content (AvgIpc) is 2.99. The number of rotatable bonds is 3. The molecule has 4 heteroatoms. The van der Waals surface area contributed by atoms with Crippen molar-refractivity contribution in [2.45, 2.75) is 6.92 Å². The largest absolute Gasteiger partial charge is 0.354 e. The maximum atomic E-state index is 4.30. The van der Waals surface area contributed by atoms with Crippen LogP contribution >= 0.6 is 11.3 Å². The molecule has 90 valence electrons. The van der Waals surface area contributed by atoms with Crippen LogP contribution in [-0.2, 0) is 0 Å². The Labute approximate surface area is 109 Å². The number of aromatic nitrogens is 2. The molecule has 0 unspecified atom stereocenters. The predicted octanol–water partition coefficient (Wildman–Crippen LogP) is 4.19. The third kappa shape index (κ3) is 2.15. The van der Waals surface area contributed by atoms with Crippen LogP contribution in [0.5, 0.6) is 0 Å². The van der Waals surface area contributed by atoms with Gasteiger partial charge in [0.05, 0.1) is 11.4 Å². The fraction of sp³-hybridized carbons (Fsp3) is 0.0714. The van der Waals surface area contributed by atoms with Crippen LogP contribution in [0, 0.1) is 6.92 Å². The quantitative estimate of drug-likeness (QED) is 0.736. The summed E-state index contributed by atoms with van der Waals surface area (Å²) in [5.74, 6) is 0. The molecule has 0 radical (unpaired) electrons. The summed E-state index contributed by atoms with van der Waals surface area (Å²) in [4.78, 5) is 0. The smallest absolute Gasteiger partial charge is 0.0952 e. The highest BCUT2D eigenvalue weighted by Crippen LogP contribution is 2.32. The topological polar surface area (TPSA) is 40.7 Å². The number of nitrogens with zero attached hydrogens (tertiary/aromatic N) is 1. The number of hydrogen-bond acceptors (Lipinski definition) is 3. The third-order valence-corrected chi connectivity index (χ3v) is 3.44. The highest BCUT2D eigenvalue weighted by atomic mass is 32.1. The minimum Gasteiger partial charge on any atom is -0.354 e. The molecule has 2 N–H and O–H groups in total. The summed E-state index contributed by atoms with van der Waals surface area (Å²) in [7, 11) is 0. The maximum Gasteiger partial charge on any atom is 0.0952 e. The van der Waals surface area contributed by atoms with Gasteiger partial charge in [-0.05, 0) is 25.1 Å². The first-order valence-electron chi connectivity index (χ1n) is 5.73. The van der Waals surface area contributed by atoms with Crippen LogP contribution in [0.2, 0.25) is 0 Å². The van der Waals surface area contributed by atoms with Crippen molar-refractivity contribution in [2.75, 3.05) is 5.32 Å². The van der Waals surface area contributed by atoms with Crippen LogP contribution in [0.3, 0.4) is 0 Å². The van der Waals surface area contributed by atoms with Crippen LogP contribution in [-0.4, -0.2) is 10.2 Å². The number of H-pyrrole nitrogens is 1. The van der Waals surface area contributed by atoms with Crippen molar-refractivity contribution < 1.29 is 0 Å².